The highest BCUT2D eigenvalue weighted by atomic mass is 15.1. The van der Waals surface area contributed by atoms with Gasteiger partial charge in [-0.25, -0.2) is 9.69 Å². The quantitative estimate of drug-likeness (QED) is 0.0606. The number of hydrogen-bond donors (Lipinski definition) is 0. The van der Waals surface area contributed by atoms with Gasteiger partial charge in [0.25, 0.3) is 0 Å². The van der Waals surface area contributed by atoms with Crippen molar-refractivity contribution in [3.8, 4) is 0 Å². The molecule has 0 spiro atoms. The van der Waals surface area contributed by atoms with E-state index in [0.717, 1.165) is 65.0 Å². The third-order valence-corrected chi connectivity index (χ3v) is 12.4. The highest BCUT2D eigenvalue weighted by molar-refractivity contribution is 6.06. The van der Waals surface area contributed by atoms with Gasteiger partial charge in [-0.15, -0.1) is 0 Å². The molecule has 0 fully saturated rings. The predicted octanol–water partition coefficient (Wildman–Crippen LogP) is 12.9. The molecule has 2 aliphatic rings. The van der Waals surface area contributed by atoms with Crippen LogP contribution < -0.4 is 9.80 Å². The van der Waals surface area contributed by atoms with Gasteiger partial charge in [0.05, 0.1) is 24.0 Å². The van der Waals surface area contributed by atoms with E-state index in [1.165, 1.54) is 56.4 Å². The van der Waals surface area contributed by atoms with Crippen molar-refractivity contribution in [3.63, 3.8) is 0 Å². The fourth-order valence-corrected chi connectivity index (χ4v) is 8.96. The zero-order chi connectivity index (χ0) is 41.5. The molecule has 0 atom stereocenters. The van der Waals surface area contributed by atoms with E-state index in [-0.39, 0.29) is 10.8 Å². The van der Waals surface area contributed by atoms with Crippen LogP contribution in [0, 0.1) is 13.1 Å². The Morgan fingerprint density at radius 1 is 0.500 bits per heavy atom. The van der Waals surface area contributed by atoms with Crippen molar-refractivity contribution in [2.45, 2.75) is 91.9 Å². The van der Waals surface area contributed by atoms with Gasteiger partial charge in [0.1, 0.15) is 13.1 Å². The number of benzene rings is 4. The highest BCUT2D eigenvalue weighted by Crippen LogP contribution is 2.44. The maximum absolute atomic E-state index is 7.70. The Kier molecular flexibility index (Phi) is 13.2. The molecule has 0 N–H and O–H groups in total. The number of rotatable bonds is 17. The highest BCUT2D eigenvalue weighted by Gasteiger charge is 2.45. The number of fused-ring (bicyclic) bond motifs is 2. The molecule has 0 saturated carbocycles. The normalized spacial score (nSPS) is 15.2. The molecule has 4 aromatic rings. The molecule has 6 rings (SSSR count). The van der Waals surface area contributed by atoms with E-state index in [1.807, 2.05) is 12.1 Å². The molecule has 0 bridgehead atoms. The Hall–Kier alpha value is -5.72. The summed E-state index contributed by atoms with van der Waals surface area (Å²) in [5.74, 6) is 0. The first kappa shape index (κ1) is 41.9. The monoisotopic (exact) mass is 771 g/mol. The third kappa shape index (κ3) is 8.58. The summed E-state index contributed by atoms with van der Waals surface area (Å²) < 4.78 is 5.01. The van der Waals surface area contributed by atoms with Crippen LogP contribution in [0.3, 0.4) is 0 Å². The van der Waals surface area contributed by atoms with Crippen LogP contribution in [0.15, 0.2) is 97.1 Å². The first-order valence-corrected chi connectivity index (χ1v) is 21.4. The van der Waals surface area contributed by atoms with Crippen LogP contribution in [0.1, 0.15) is 103 Å². The van der Waals surface area contributed by atoms with Gasteiger partial charge >= 0.3 is 0 Å². The summed E-state index contributed by atoms with van der Waals surface area (Å²) in [6.07, 6.45) is 13.5. The van der Waals surface area contributed by atoms with Crippen LogP contribution >= 0.6 is 0 Å². The zero-order valence-corrected chi connectivity index (χ0v) is 36.1. The second-order valence-corrected chi connectivity index (χ2v) is 16.6. The van der Waals surface area contributed by atoms with Crippen LogP contribution in [0.25, 0.3) is 21.8 Å². The van der Waals surface area contributed by atoms with Crippen molar-refractivity contribution in [1.82, 2.24) is 0 Å². The third-order valence-electron chi connectivity index (χ3n) is 12.4. The lowest BCUT2D eigenvalue weighted by Crippen LogP contribution is -2.28. The summed E-state index contributed by atoms with van der Waals surface area (Å²) >= 11 is 0. The SMILES string of the molecule is [C-]#[N+]c1ccc2c(c1)C(C)(C)C(/C=C/c1ccc(N(CC)CC)cc1)=[N+]2CCCCCC[N+]1=C(/C=C/c2ccc(N(CC)CC)cc2)C(C)(C)c2cc([N+]#[C-])ccc21. The second-order valence-electron chi connectivity index (χ2n) is 16.6. The molecule has 0 radical (unpaired) electrons. The summed E-state index contributed by atoms with van der Waals surface area (Å²) in [6, 6.07) is 30.2. The van der Waals surface area contributed by atoms with Crippen molar-refractivity contribution < 1.29 is 9.15 Å². The largest absolute Gasteiger partial charge is 0.372 e. The number of nitrogens with zero attached hydrogens (tertiary/aromatic N) is 6. The van der Waals surface area contributed by atoms with E-state index in [4.69, 9.17) is 13.1 Å². The van der Waals surface area contributed by atoms with Crippen LogP contribution in [-0.4, -0.2) is 59.8 Å². The van der Waals surface area contributed by atoms with Crippen LogP contribution in [0.2, 0.25) is 0 Å². The maximum atomic E-state index is 7.70. The van der Waals surface area contributed by atoms with E-state index in [9.17, 15) is 0 Å². The van der Waals surface area contributed by atoms with E-state index < -0.39 is 0 Å². The Morgan fingerprint density at radius 3 is 1.19 bits per heavy atom. The molecule has 0 aromatic heterocycles. The summed E-state index contributed by atoms with van der Waals surface area (Å²) in [4.78, 5) is 12.3. The minimum atomic E-state index is -0.218. The van der Waals surface area contributed by atoms with Gasteiger partial charge < -0.3 is 9.80 Å². The Morgan fingerprint density at radius 2 is 0.862 bits per heavy atom. The molecule has 298 valence electrons. The van der Waals surface area contributed by atoms with Crippen molar-refractivity contribution in [1.29, 1.82) is 0 Å². The Balaban J connectivity index is 1.19. The molecule has 0 saturated heterocycles. The van der Waals surface area contributed by atoms with Crippen molar-refractivity contribution in [2.24, 2.45) is 0 Å². The first-order chi connectivity index (χ1) is 28.0. The van der Waals surface area contributed by atoms with Gasteiger partial charge in [-0.1, -0.05) is 24.3 Å². The molecule has 0 amide bonds. The number of allylic oxidation sites excluding steroid dienone is 2. The molecule has 0 aliphatic carbocycles. The van der Waals surface area contributed by atoms with Gasteiger partial charge in [-0.2, -0.15) is 9.15 Å². The fourth-order valence-electron chi connectivity index (χ4n) is 8.96. The molecule has 2 heterocycles. The van der Waals surface area contributed by atoms with E-state index in [1.54, 1.807) is 0 Å². The van der Waals surface area contributed by atoms with Gasteiger partial charge in [0.15, 0.2) is 22.8 Å². The average molecular weight is 771 g/mol. The summed E-state index contributed by atoms with van der Waals surface area (Å²) in [6.45, 7) is 39.2. The van der Waals surface area contributed by atoms with Crippen LogP contribution in [-0.2, 0) is 10.8 Å². The van der Waals surface area contributed by atoms with E-state index >= 15 is 0 Å². The lowest BCUT2D eigenvalue weighted by atomic mass is 9.81. The molecule has 0 unspecified atom stereocenters. The molecular weight excluding hydrogens is 709 g/mol. The summed E-state index contributed by atoms with van der Waals surface area (Å²) in [5, 5.41) is 0. The second kappa shape index (κ2) is 18.3. The van der Waals surface area contributed by atoms with Crippen molar-refractivity contribution in [2.75, 3.05) is 49.1 Å². The Bertz CT molecular complexity index is 2130. The van der Waals surface area contributed by atoms with Gasteiger partial charge in [-0.3, -0.25) is 0 Å². The van der Waals surface area contributed by atoms with Crippen LogP contribution in [0.5, 0.6) is 0 Å². The van der Waals surface area contributed by atoms with E-state index in [2.05, 4.69) is 181 Å². The van der Waals surface area contributed by atoms with Crippen molar-refractivity contribution >= 4 is 57.7 Å². The standard InChI is InChI=1S/C52H62N6/c1-11-55(12-2)43-27-19-39(20-28-43)23-33-49-51(5,6)45-37-41(53-9)25-31-47(45)57(49)35-17-15-16-18-36-58-48-32-26-42(54-10)38-46(48)52(7,8)50(58)34-24-40-21-29-44(30-22-40)56(13-3)14-4/h19-34,37-38H,11-18,35-36H2,1-8H3/q+2. The average Bonchev–Trinajstić information content (AvgIpc) is 3.58. The van der Waals surface area contributed by atoms with Gasteiger partial charge in [-0.05, 0) is 152 Å². The minimum Gasteiger partial charge on any atom is -0.372 e. The molecule has 6 nitrogen and oxygen atoms in total. The number of hydrogen-bond acceptors (Lipinski definition) is 2. The van der Waals surface area contributed by atoms with Gasteiger partial charge in [0.2, 0.25) is 11.4 Å². The van der Waals surface area contributed by atoms with Crippen molar-refractivity contribution in [3.05, 3.63) is 142 Å². The molecule has 6 heteroatoms. The smallest absolute Gasteiger partial charge is 0.207 e. The van der Waals surface area contributed by atoms with Gasteiger partial charge in [0, 0.05) is 73.7 Å². The lowest BCUT2D eigenvalue weighted by Gasteiger charge is -2.20. The number of unbranched alkanes of at least 4 members (excludes halogenated alkanes) is 3. The fraction of sp³-hybridized carbons (Fsp3) is 0.385. The predicted molar refractivity (Wildman–Crippen MR) is 248 cm³/mol. The zero-order valence-electron chi connectivity index (χ0n) is 36.1. The summed E-state index contributed by atoms with van der Waals surface area (Å²) in [7, 11) is 0. The maximum Gasteiger partial charge on any atom is 0.207 e. The molecular formula is C52H62N6+2. The summed E-state index contributed by atoms with van der Waals surface area (Å²) in [5.41, 5.74) is 13.3. The number of anilines is 2. The molecule has 2 aliphatic heterocycles. The molecule has 58 heavy (non-hydrogen) atoms. The topological polar surface area (TPSA) is 21.2 Å². The van der Waals surface area contributed by atoms with E-state index in [0.29, 0.717) is 11.4 Å². The van der Waals surface area contributed by atoms with Crippen LogP contribution in [0.4, 0.5) is 34.1 Å². The molecule has 4 aromatic carbocycles. The lowest BCUT2D eigenvalue weighted by molar-refractivity contribution is -0.440. The first-order valence-electron chi connectivity index (χ1n) is 21.4. The minimum absolute atomic E-state index is 0.218. The Labute approximate surface area is 348 Å².